The van der Waals surface area contributed by atoms with Crippen LogP contribution >= 0.6 is 24.4 Å². The smallest absolute Gasteiger partial charge is 0.327 e. The lowest BCUT2D eigenvalue weighted by Gasteiger charge is -2.26. The van der Waals surface area contributed by atoms with Crippen LogP contribution in [0.1, 0.15) is 32.6 Å². The second kappa shape index (κ2) is 16.1. The predicted octanol–water partition coefficient (Wildman–Crippen LogP) is -1.95. The zero-order valence-electron chi connectivity index (χ0n) is 17.9. The van der Waals surface area contributed by atoms with Crippen LogP contribution in [0.25, 0.3) is 0 Å². The number of nitrogens with two attached hydrogens (primary N) is 2. The van der Waals surface area contributed by atoms with E-state index in [1.165, 1.54) is 18.7 Å². The quantitative estimate of drug-likeness (QED) is 0.0911. The molecule has 11 nitrogen and oxygen atoms in total. The van der Waals surface area contributed by atoms with E-state index < -0.39 is 54.0 Å². The van der Waals surface area contributed by atoms with Gasteiger partial charge in [0.1, 0.15) is 18.1 Å². The minimum atomic E-state index is -1.34. The van der Waals surface area contributed by atoms with Gasteiger partial charge in [-0.1, -0.05) is 0 Å². The number of hydrogen-bond donors (Lipinski definition) is 8. The highest BCUT2D eigenvalue weighted by Crippen LogP contribution is 2.05. The summed E-state index contributed by atoms with van der Waals surface area (Å²) in [5.41, 5.74) is 11.3. The largest absolute Gasteiger partial charge is 0.480 e. The number of aliphatic hydroxyl groups excluding tert-OH is 1. The van der Waals surface area contributed by atoms with Crippen molar-refractivity contribution in [2.24, 2.45) is 11.5 Å². The Labute approximate surface area is 192 Å². The molecule has 0 saturated carbocycles. The van der Waals surface area contributed by atoms with Crippen LogP contribution < -0.4 is 27.4 Å². The molecule has 31 heavy (non-hydrogen) atoms. The van der Waals surface area contributed by atoms with Gasteiger partial charge in [-0.3, -0.25) is 14.4 Å². The normalized spacial score (nSPS) is 15.8. The molecular formula is C18H35N5O6S2. The van der Waals surface area contributed by atoms with Crippen molar-refractivity contribution in [2.45, 2.75) is 62.9 Å². The van der Waals surface area contributed by atoms with Gasteiger partial charge >= 0.3 is 5.97 Å². The standard InChI is InChI=1S/C18H35N5O6S2/c1-10(24)14(23-15(25)11(20)6-8-31-2)17(27)21-12(5-3-4-7-19)16(26)22-13(9-30)18(28)29/h10-14,24,30H,3-9,19-20H2,1-2H3,(H,21,27)(H,22,26)(H,23,25)(H,28,29). The Balaban J connectivity index is 5.28. The molecule has 0 saturated heterocycles. The van der Waals surface area contributed by atoms with Gasteiger partial charge in [-0.25, -0.2) is 4.79 Å². The van der Waals surface area contributed by atoms with Crippen molar-refractivity contribution in [3.8, 4) is 0 Å². The Morgan fingerprint density at radius 2 is 1.61 bits per heavy atom. The van der Waals surface area contributed by atoms with Crippen molar-refractivity contribution in [1.29, 1.82) is 0 Å². The molecule has 0 spiro atoms. The maximum Gasteiger partial charge on any atom is 0.327 e. The molecule has 0 bridgehead atoms. The van der Waals surface area contributed by atoms with Gasteiger partial charge in [0.2, 0.25) is 17.7 Å². The van der Waals surface area contributed by atoms with E-state index in [0.717, 1.165) is 0 Å². The Morgan fingerprint density at radius 1 is 1.00 bits per heavy atom. The molecule has 0 aliphatic carbocycles. The maximum atomic E-state index is 12.7. The Morgan fingerprint density at radius 3 is 2.10 bits per heavy atom. The second-order valence-corrected chi connectivity index (χ2v) is 8.39. The number of carbonyl (C=O) groups excluding carboxylic acids is 3. The molecule has 0 aromatic heterocycles. The van der Waals surface area contributed by atoms with Crippen LogP contribution in [0.3, 0.4) is 0 Å². The molecular weight excluding hydrogens is 446 g/mol. The van der Waals surface area contributed by atoms with Crippen LogP contribution in [-0.2, 0) is 19.2 Å². The zero-order valence-corrected chi connectivity index (χ0v) is 19.6. The summed E-state index contributed by atoms with van der Waals surface area (Å²) in [4.78, 5) is 48.7. The third kappa shape index (κ3) is 11.6. The highest BCUT2D eigenvalue weighted by molar-refractivity contribution is 7.98. The van der Waals surface area contributed by atoms with Gasteiger partial charge in [0, 0.05) is 5.75 Å². The van der Waals surface area contributed by atoms with Crippen LogP contribution in [0.15, 0.2) is 0 Å². The molecule has 3 amide bonds. The zero-order chi connectivity index (χ0) is 24.0. The summed E-state index contributed by atoms with van der Waals surface area (Å²) in [6, 6.07) is -4.50. The molecule has 0 fully saturated rings. The van der Waals surface area contributed by atoms with Crippen molar-refractivity contribution in [3.05, 3.63) is 0 Å². The van der Waals surface area contributed by atoms with Crippen LogP contribution in [0, 0.1) is 0 Å². The number of hydrogen-bond acceptors (Lipinski definition) is 9. The van der Waals surface area contributed by atoms with Crippen molar-refractivity contribution in [1.82, 2.24) is 16.0 Å². The molecule has 180 valence electrons. The van der Waals surface area contributed by atoms with Gasteiger partial charge in [-0.15, -0.1) is 0 Å². The number of aliphatic hydroxyl groups is 1. The summed E-state index contributed by atoms with van der Waals surface area (Å²) in [6.07, 6.45) is 2.30. The lowest BCUT2D eigenvalue weighted by atomic mass is 10.1. The number of carboxylic acids is 1. The number of aliphatic carboxylic acids is 1. The minimum Gasteiger partial charge on any atom is -0.480 e. The van der Waals surface area contributed by atoms with Crippen molar-refractivity contribution < 1.29 is 29.4 Å². The highest BCUT2D eigenvalue weighted by atomic mass is 32.2. The number of carbonyl (C=O) groups is 4. The minimum absolute atomic E-state index is 0.134. The van der Waals surface area contributed by atoms with E-state index in [-0.39, 0.29) is 12.2 Å². The molecule has 0 aliphatic rings. The summed E-state index contributed by atoms with van der Waals surface area (Å²) < 4.78 is 0. The van der Waals surface area contributed by atoms with E-state index in [2.05, 4.69) is 28.6 Å². The molecule has 0 aliphatic heterocycles. The third-order valence-electron chi connectivity index (χ3n) is 4.41. The molecule has 13 heteroatoms. The first-order valence-corrected chi connectivity index (χ1v) is 12.0. The molecule has 5 unspecified atom stereocenters. The number of thioether (sulfide) groups is 1. The van der Waals surface area contributed by atoms with E-state index in [1.54, 1.807) is 0 Å². The number of carboxylic acid groups (broad SMARTS) is 1. The predicted molar refractivity (Wildman–Crippen MR) is 123 cm³/mol. The van der Waals surface area contributed by atoms with Crippen LogP contribution in [-0.4, -0.2) is 88.5 Å². The van der Waals surface area contributed by atoms with E-state index >= 15 is 0 Å². The molecule has 0 radical (unpaired) electrons. The lowest BCUT2D eigenvalue weighted by Crippen LogP contribution is -2.59. The molecule has 5 atom stereocenters. The Hall–Kier alpha value is -1.54. The summed E-state index contributed by atoms with van der Waals surface area (Å²) in [5.74, 6) is -2.83. The van der Waals surface area contributed by atoms with Gasteiger partial charge < -0.3 is 37.6 Å². The first-order valence-electron chi connectivity index (χ1n) is 9.96. The number of amides is 3. The SMILES string of the molecule is CSCCC(N)C(=O)NC(C(=O)NC(CCCCN)C(=O)NC(CS)C(=O)O)C(C)O. The fourth-order valence-electron chi connectivity index (χ4n) is 2.52. The summed E-state index contributed by atoms with van der Waals surface area (Å²) in [5, 5.41) is 26.3. The number of rotatable bonds is 16. The monoisotopic (exact) mass is 481 g/mol. The topological polar surface area (TPSA) is 197 Å². The molecule has 9 N–H and O–H groups in total. The average molecular weight is 482 g/mol. The first-order chi connectivity index (χ1) is 14.6. The van der Waals surface area contributed by atoms with Crippen LogP contribution in [0.4, 0.5) is 0 Å². The lowest BCUT2D eigenvalue weighted by molar-refractivity contribution is -0.141. The van der Waals surface area contributed by atoms with E-state index in [1.807, 2.05) is 6.26 Å². The summed E-state index contributed by atoms with van der Waals surface area (Å²) >= 11 is 5.42. The van der Waals surface area contributed by atoms with E-state index in [9.17, 15) is 24.3 Å². The van der Waals surface area contributed by atoms with Crippen LogP contribution in [0.5, 0.6) is 0 Å². The number of nitrogens with one attached hydrogen (secondary N) is 3. The van der Waals surface area contributed by atoms with Gasteiger partial charge in [0.05, 0.1) is 12.1 Å². The number of thiol groups is 1. The molecule has 0 rings (SSSR count). The third-order valence-corrected chi connectivity index (χ3v) is 5.42. The van der Waals surface area contributed by atoms with Crippen LogP contribution in [0.2, 0.25) is 0 Å². The Kier molecular flexibility index (Phi) is 15.3. The molecule has 0 aromatic carbocycles. The number of unbranched alkanes of at least 4 members (excludes halogenated alkanes) is 1. The fourth-order valence-corrected chi connectivity index (χ4v) is 3.26. The average Bonchev–Trinajstić information content (AvgIpc) is 2.72. The van der Waals surface area contributed by atoms with Gasteiger partial charge in [-0.05, 0) is 51.2 Å². The van der Waals surface area contributed by atoms with Crippen molar-refractivity contribution >= 4 is 48.1 Å². The van der Waals surface area contributed by atoms with Gasteiger partial charge in [0.15, 0.2) is 0 Å². The second-order valence-electron chi connectivity index (χ2n) is 7.04. The summed E-state index contributed by atoms with van der Waals surface area (Å²) in [7, 11) is 0. The van der Waals surface area contributed by atoms with Crippen molar-refractivity contribution in [3.63, 3.8) is 0 Å². The first kappa shape index (κ1) is 29.5. The molecule has 0 heterocycles. The van der Waals surface area contributed by atoms with E-state index in [4.69, 9.17) is 16.6 Å². The highest BCUT2D eigenvalue weighted by Gasteiger charge is 2.32. The van der Waals surface area contributed by atoms with Gasteiger partial charge in [-0.2, -0.15) is 24.4 Å². The summed E-state index contributed by atoms with van der Waals surface area (Å²) in [6.45, 7) is 1.71. The fraction of sp³-hybridized carbons (Fsp3) is 0.778. The van der Waals surface area contributed by atoms with Gasteiger partial charge in [0.25, 0.3) is 0 Å². The Bertz CT molecular complexity index is 596. The van der Waals surface area contributed by atoms with E-state index in [0.29, 0.717) is 31.6 Å². The molecule has 0 aromatic rings. The maximum absolute atomic E-state index is 12.7. The van der Waals surface area contributed by atoms with Crippen molar-refractivity contribution in [2.75, 3.05) is 24.3 Å².